The topological polar surface area (TPSA) is 149 Å². The number of ether oxygens (including phenoxy) is 2. The van der Waals surface area contributed by atoms with Crippen molar-refractivity contribution < 1.29 is 39.8 Å². The van der Waals surface area contributed by atoms with Gasteiger partial charge in [-0.05, 0) is 32.1 Å². The molecule has 1 rings (SSSR count). The first-order chi connectivity index (χ1) is 19.8. The summed E-state index contributed by atoms with van der Waals surface area (Å²) in [5.41, 5.74) is 0. The smallest absolute Gasteiger partial charge is 0.220 e. The van der Waals surface area contributed by atoms with E-state index in [1.165, 1.54) is 64.2 Å². The minimum atomic E-state index is -1.55. The van der Waals surface area contributed by atoms with E-state index in [2.05, 4.69) is 31.3 Å². The molecule has 0 aromatic carbocycles. The maximum Gasteiger partial charge on any atom is 0.220 e. The minimum absolute atomic E-state index is 0.148. The number of hydrogen-bond donors (Lipinski definition) is 6. The van der Waals surface area contributed by atoms with Crippen LogP contribution in [0.3, 0.4) is 0 Å². The number of rotatable bonds is 25. The fourth-order valence-corrected chi connectivity index (χ4v) is 5.10. The molecule has 1 heterocycles. The molecule has 0 aromatic heterocycles. The molecule has 0 saturated carbocycles. The average molecular weight is 588 g/mol. The fraction of sp³-hybridized carbons (Fsp3) is 0.906. The molecule has 9 nitrogen and oxygen atoms in total. The minimum Gasteiger partial charge on any atom is -0.394 e. The number of carbonyl (C=O) groups excluding carboxylic acids is 1. The molecule has 0 spiro atoms. The van der Waals surface area contributed by atoms with Crippen LogP contribution in [0, 0.1) is 0 Å². The van der Waals surface area contributed by atoms with Gasteiger partial charge >= 0.3 is 0 Å². The molecule has 1 fully saturated rings. The lowest BCUT2D eigenvalue weighted by Gasteiger charge is -2.40. The normalized spacial score (nSPS) is 24.5. The molecule has 7 unspecified atom stereocenters. The molecule has 0 bridgehead atoms. The zero-order valence-corrected chi connectivity index (χ0v) is 25.8. The average Bonchev–Trinajstić information content (AvgIpc) is 2.97. The van der Waals surface area contributed by atoms with Crippen molar-refractivity contribution in [1.29, 1.82) is 0 Å². The van der Waals surface area contributed by atoms with Crippen LogP contribution in [0.4, 0.5) is 0 Å². The maximum atomic E-state index is 12.7. The number of aliphatic hydroxyl groups is 5. The molecular formula is C32H61NO8. The standard InChI is InChI=1S/C32H61NO8/c1-3-5-7-9-11-13-15-17-19-21-26(35)25(24-40-32-31(39)30(38)29(37)27(23-34)41-32)33-28(36)22-20-18-16-14-12-10-8-6-4-2/h14,16,25-27,29-32,34-35,37-39H,3-13,15,17-24H2,1-2H3,(H,33,36)/b16-14-. The zero-order valence-electron chi connectivity index (χ0n) is 25.8. The van der Waals surface area contributed by atoms with Crippen LogP contribution < -0.4 is 5.32 Å². The van der Waals surface area contributed by atoms with E-state index in [0.29, 0.717) is 19.3 Å². The van der Waals surface area contributed by atoms with Gasteiger partial charge in [0.2, 0.25) is 5.91 Å². The summed E-state index contributed by atoms with van der Waals surface area (Å²) in [6.07, 6.45) is 15.3. The van der Waals surface area contributed by atoms with Crippen molar-refractivity contribution in [3.05, 3.63) is 12.2 Å². The van der Waals surface area contributed by atoms with E-state index < -0.39 is 49.5 Å². The summed E-state index contributed by atoms with van der Waals surface area (Å²) >= 11 is 0. The van der Waals surface area contributed by atoms with E-state index in [-0.39, 0.29) is 12.5 Å². The number of unbranched alkanes of at least 4 members (excludes halogenated alkanes) is 13. The van der Waals surface area contributed by atoms with Crippen LogP contribution in [0.25, 0.3) is 0 Å². The Labute approximate surface area is 248 Å². The molecule has 242 valence electrons. The quantitative estimate of drug-likeness (QED) is 0.0685. The van der Waals surface area contributed by atoms with Crippen LogP contribution >= 0.6 is 0 Å². The van der Waals surface area contributed by atoms with Crippen LogP contribution in [0.15, 0.2) is 12.2 Å². The highest BCUT2D eigenvalue weighted by Gasteiger charge is 2.44. The van der Waals surface area contributed by atoms with Gasteiger partial charge in [-0.2, -0.15) is 0 Å². The molecular weight excluding hydrogens is 526 g/mol. The molecule has 41 heavy (non-hydrogen) atoms. The number of allylic oxidation sites excluding steroid dienone is 2. The van der Waals surface area contributed by atoms with Crippen molar-refractivity contribution in [2.75, 3.05) is 13.2 Å². The van der Waals surface area contributed by atoms with E-state index in [1.807, 2.05) is 0 Å². The van der Waals surface area contributed by atoms with Gasteiger partial charge < -0.3 is 40.3 Å². The predicted molar refractivity (Wildman–Crippen MR) is 161 cm³/mol. The third-order valence-corrected chi connectivity index (χ3v) is 7.87. The van der Waals surface area contributed by atoms with Gasteiger partial charge in [-0.25, -0.2) is 0 Å². The summed E-state index contributed by atoms with van der Waals surface area (Å²) in [6, 6.07) is -0.724. The lowest BCUT2D eigenvalue weighted by Crippen LogP contribution is -2.60. The second kappa shape index (κ2) is 24.4. The van der Waals surface area contributed by atoms with Gasteiger partial charge in [-0.1, -0.05) is 103 Å². The monoisotopic (exact) mass is 587 g/mol. The van der Waals surface area contributed by atoms with E-state index in [9.17, 15) is 30.3 Å². The van der Waals surface area contributed by atoms with Crippen LogP contribution in [-0.4, -0.2) is 87.5 Å². The Hall–Kier alpha value is -1.07. The van der Waals surface area contributed by atoms with Crippen molar-refractivity contribution in [1.82, 2.24) is 5.32 Å². The third kappa shape index (κ3) is 17.0. The molecule has 1 aliphatic rings. The molecule has 1 aliphatic heterocycles. The highest BCUT2D eigenvalue weighted by Crippen LogP contribution is 2.22. The Morgan fingerprint density at radius 3 is 1.98 bits per heavy atom. The van der Waals surface area contributed by atoms with Gasteiger partial charge in [-0.15, -0.1) is 0 Å². The Morgan fingerprint density at radius 1 is 0.805 bits per heavy atom. The number of aliphatic hydroxyl groups excluding tert-OH is 5. The van der Waals surface area contributed by atoms with Crippen molar-refractivity contribution >= 4 is 5.91 Å². The lowest BCUT2D eigenvalue weighted by molar-refractivity contribution is -0.302. The maximum absolute atomic E-state index is 12.7. The van der Waals surface area contributed by atoms with E-state index >= 15 is 0 Å². The van der Waals surface area contributed by atoms with Gasteiger partial charge in [0.05, 0.1) is 25.4 Å². The molecule has 7 atom stereocenters. The molecule has 0 aromatic rings. The van der Waals surface area contributed by atoms with Crippen LogP contribution in [0.1, 0.15) is 129 Å². The van der Waals surface area contributed by atoms with E-state index in [1.54, 1.807) is 0 Å². The van der Waals surface area contributed by atoms with Gasteiger partial charge in [0.15, 0.2) is 6.29 Å². The molecule has 9 heteroatoms. The third-order valence-electron chi connectivity index (χ3n) is 7.87. The first-order valence-electron chi connectivity index (χ1n) is 16.4. The molecule has 0 aliphatic carbocycles. The zero-order chi connectivity index (χ0) is 30.3. The first kappa shape index (κ1) is 38.0. The van der Waals surface area contributed by atoms with E-state index in [4.69, 9.17) is 9.47 Å². The summed E-state index contributed by atoms with van der Waals surface area (Å²) in [4.78, 5) is 12.7. The fourth-order valence-electron chi connectivity index (χ4n) is 5.10. The van der Waals surface area contributed by atoms with Gasteiger partial charge in [0, 0.05) is 6.42 Å². The highest BCUT2D eigenvalue weighted by atomic mass is 16.7. The predicted octanol–water partition coefficient (Wildman–Crippen LogP) is 4.27. The SMILES string of the molecule is CCCCCC/C=C\CCCC(=O)NC(COC1OC(CO)C(O)C(O)C1O)C(O)CCCCCCCCCCC. The number of hydrogen-bond acceptors (Lipinski definition) is 8. The van der Waals surface area contributed by atoms with Crippen LogP contribution in [-0.2, 0) is 14.3 Å². The summed E-state index contributed by atoms with van der Waals surface area (Å²) < 4.78 is 11.1. The second-order valence-electron chi connectivity index (χ2n) is 11.6. The Bertz CT molecular complexity index is 662. The van der Waals surface area contributed by atoms with Gasteiger partial charge in [-0.3, -0.25) is 4.79 Å². The van der Waals surface area contributed by atoms with Crippen LogP contribution in [0.2, 0.25) is 0 Å². The number of carbonyl (C=O) groups is 1. The summed E-state index contributed by atoms with van der Waals surface area (Å²) in [6.45, 7) is 3.71. The van der Waals surface area contributed by atoms with Crippen LogP contribution in [0.5, 0.6) is 0 Å². The summed E-state index contributed by atoms with van der Waals surface area (Å²) in [7, 11) is 0. The molecule has 1 saturated heterocycles. The number of amides is 1. The molecule has 6 N–H and O–H groups in total. The lowest BCUT2D eigenvalue weighted by atomic mass is 9.99. The molecule has 1 amide bonds. The summed E-state index contributed by atoms with van der Waals surface area (Å²) in [5.74, 6) is -0.185. The molecule has 0 radical (unpaired) electrons. The Kier molecular flexibility index (Phi) is 22.6. The Morgan fingerprint density at radius 2 is 1.37 bits per heavy atom. The van der Waals surface area contributed by atoms with Crippen molar-refractivity contribution in [3.8, 4) is 0 Å². The first-order valence-corrected chi connectivity index (χ1v) is 16.4. The number of nitrogens with one attached hydrogen (secondary N) is 1. The second-order valence-corrected chi connectivity index (χ2v) is 11.6. The summed E-state index contributed by atoms with van der Waals surface area (Å²) in [5, 5.41) is 53.6. The van der Waals surface area contributed by atoms with E-state index in [0.717, 1.165) is 32.1 Å². The van der Waals surface area contributed by atoms with Crippen molar-refractivity contribution in [2.45, 2.75) is 172 Å². The highest BCUT2D eigenvalue weighted by molar-refractivity contribution is 5.76. The van der Waals surface area contributed by atoms with Crippen molar-refractivity contribution in [3.63, 3.8) is 0 Å². The largest absolute Gasteiger partial charge is 0.394 e. The Balaban J connectivity index is 2.54. The van der Waals surface area contributed by atoms with Crippen molar-refractivity contribution in [2.24, 2.45) is 0 Å². The van der Waals surface area contributed by atoms with Gasteiger partial charge in [0.25, 0.3) is 0 Å². The van der Waals surface area contributed by atoms with Gasteiger partial charge in [0.1, 0.15) is 24.4 Å².